The molecule has 1 aliphatic rings. The molecule has 0 saturated carbocycles. The van der Waals surface area contributed by atoms with E-state index in [2.05, 4.69) is 0 Å². The predicted octanol–water partition coefficient (Wildman–Crippen LogP) is 3.34. The molecule has 4 heteroatoms. The number of rotatable bonds is 3. The minimum absolute atomic E-state index is 0.0847. The number of thioether (sulfide) groups is 1. The van der Waals surface area contributed by atoms with Gasteiger partial charge in [-0.05, 0) is 23.8 Å². The number of carbonyl (C=O) groups is 1. The van der Waals surface area contributed by atoms with E-state index in [1.165, 1.54) is 6.07 Å². The summed E-state index contributed by atoms with van der Waals surface area (Å²) >= 11 is 7.61. The summed E-state index contributed by atoms with van der Waals surface area (Å²) < 4.78 is 13.2. The Morgan fingerprint density at radius 2 is 2.38 bits per heavy atom. The fourth-order valence-electron chi connectivity index (χ4n) is 1.81. The molecular formula is C12H12ClFOS. The van der Waals surface area contributed by atoms with Crippen LogP contribution < -0.4 is 0 Å². The zero-order valence-electron chi connectivity index (χ0n) is 8.71. The van der Waals surface area contributed by atoms with E-state index in [1.54, 1.807) is 23.9 Å². The van der Waals surface area contributed by atoms with Gasteiger partial charge >= 0.3 is 0 Å². The Kier molecular flexibility index (Phi) is 3.87. The number of Topliss-reactive ketones (excluding diaryl/α,β-unsaturated/α-hetero) is 1. The first-order valence-electron chi connectivity index (χ1n) is 5.22. The lowest BCUT2D eigenvalue weighted by Crippen LogP contribution is -2.16. The van der Waals surface area contributed by atoms with E-state index in [-0.39, 0.29) is 23.1 Å². The van der Waals surface area contributed by atoms with Gasteiger partial charge in [-0.25, -0.2) is 4.39 Å². The van der Waals surface area contributed by atoms with Crippen LogP contribution in [0.25, 0.3) is 0 Å². The Morgan fingerprint density at radius 1 is 1.56 bits per heavy atom. The Morgan fingerprint density at radius 3 is 3.06 bits per heavy atom. The highest BCUT2D eigenvalue weighted by Gasteiger charge is 2.23. The zero-order valence-corrected chi connectivity index (χ0v) is 10.3. The largest absolute Gasteiger partial charge is 0.299 e. The first kappa shape index (κ1) is 11.9. The predicted molar refractivity (Wildman–Crippen MR) is 65.6 cm³/mol. The van der Waals surface area contributed by atoms with Gasteiger partial charge in [-0.15, -0.1) is 0 Å². The summed E-state index contributed by atoms with van der Waals surface area (Å²) in [5.74, 6) is 1.80. The molecule has 1 aromatic carbocycles. The van der Waals surface area contributed by atoms with Crippen LogP contribution in [0.15, 0.2) is 18.2 Å². The fraction of sp³-hybridized carbons (Fsp3) is 0.417. The minimum Gasteiger partial charge on any atom is -0.299 e. The van der Waals surface area contributed by atoms with Crippen molar-refractivity contribution < 1.29 is 9.18 Å². The van der Waals surface area contributed by atoms with E-state index in [0.717, 1.165) is 17.9 Å². The van der Waals surface area contributed by atoms with Crippen molar-refractivity contribution in [2.24, 2.45) is 5.92 Å². The van der Waals surface area contributed by atoms with E-state index in [0.29, 0.717) is 5.56 Å². The Labute approximate surface area is 103 Å². The molecule has 1 aromatic rings. The molecule has 0 aromatic heterocycles. The van der Waals surface area contributed by atoms with Crippen LogP contribution in [0.1, 0.15) is 12.0 Å². The van der Waals surface area contributed by atoms with Gasteiger partial charge in [0.15, 0.2) is 0 Å². The molecule has 0 spiro atoms. The monoisotopic (exact) mass is 258 g/mol. The molecule has 0 bridgehead atoms. The number of ketones is 1. The Balaban J connectivity index is 2.08. The molecule has 1 unspecified atom stereocenters. The lowest BCUT2D eigenvalue weighted by atomic mass is 9.97. The normalized spacial score (nSPS) is 20.0. The molecule has 1 aliphatic heterocycles. The van der Waals surface area contributed by atoms with Gasteiger partial charge in [0.05, 0.1) is 5.02 Å². The van der Waals surface area contributed by atoms with Gasteiger partial charge in [-0.1, -0.05) is 23.7 Å². The maximum atomic E-state index is 13.2. The summed E-state index contributed by atoms with van der Waals surface area (Å²) in [5.41, 5.74) is 0.601. The molecule has 1 fully saturated rings. The van der Waals surface area contributed by atoms with Crippen LogP contribution in [0.3, 0.4) is 0 Å². The number of halogens is 2. The minimum atomic E-state index is -0.451. The summed E-state index contributed by atoms with van der Waals surface area (Å²) in [5, 5.41) is 0.0847. The highest BCUT2D eigenvalue weighted by Crippen LogP contribution is 2.27. The second-order valence-electron chi connectivity index (χ2n) is 3.92. The van der Waals surface area contributed by atoms with Crippen molar-refractivity contribution >= 4 is 29.1 Å². The first-order chi connectivity index (χ1) is 7.68. The quantitative estimate of drug-likeness (QED) is 0.827. The molecule has 1 heterocycles. The molecule has 1 saturated heterocycles. The van der Waals surface area contributed by atoms with Gasteiger partial charge in [0.2, 0.25) is 0 Å². The smallest absolute Gasteiger partial charge is 0.142 e. The van der Waals surface area contributed by atoms with Gasteiger partial charge < -0.3 is 0 Å². The van der Waals surface area contributed by atoms with Crippen molar-refractivity contribution in [1.82, 2.24) is 0 Å². The molecule has 1 nitrogen and oxygen atoms in total. The van der Waals surface area contributed by atoms with Crippen LogP contribution in [-0.4, -0.2) is 17.3 Å². The van der Waals surface area contributed by atoms with Crippen molar-refractivity contribution in [3.8, 4) is 0 Å². The van der Waals surface area contributed by atoms with Crippen LogP contribution in [-0.2, 0) is 11.2 Å². The van der Waals surface area contributed by atoms with E-state index in [4.69, 9.17) is 11.6 Å². The Hall–Kier alpha value is -0.540. The van der Waals surface area contributed by atoms with Crippen molar-refractivity contribution in [2.75, 3.05) is 11.5 Å². The second kappa shape index (κ2) is 5.19. The summed E-state index contributed by atoms with van der Waals surface area (Å²) in [6, 6.07) is 4.61. The van der Waals surface area contributed by atoms with Crippen LogP contribution >= 0.6 is 23.4 Å². The molecule has 0 radical (unpaired) electrons. The van der Waals surface area contributed by atoms with Crippen LogP contribution in [0.4, 0.5) is 4.39 Å². The highest BCUT2D eigenvalue weighted by molar-refractivity contribution is 7.99. The van der Waals surface area contributed by atoms with E-state index in [9.17, 15) is 9.18 Å². The van der Waals surface area contributed by atoms with Gasteiger partial charge in [0.1, 0.15) is 11.6 Å². The third-order valence-electron chi connectivity index (χ3n) is 2.78. The van der Waals surface area contributed by atoms with Gasteiger partial charge in [-0.3, -0.25) is 4.79 Å². The number of hydrogen-bond acceptors (Lipinski definition) is 2. The highest BCUT2D eigenvalue weighted by atomic mass is 35.5. The van der Waals surface area contributed by atoms with Crippen molar-refractivity contribution in [3.63, 3.8) is 0 Å². The standard InChI is InChI=1S/C12H12ClFOS/c13-12-8(2-1-3-10(12)14)6-11(15)9-4-5-16-7-9/h1-3,9H,4-7H2. The lowest BCUT2D eigenvalue weighted by molar-refractivity contribution is -0.121. The number of hydrogen-bond donors (Lipinski definition) is 0. The SMILES string of the molecule is O=C(Cc1cccc(F)c1Cl)C1CCSC1. The average molecular weight is 259 g/mol. The molecule has 86 valence electrons. The third kappa shape index (κ3) is 2.58. The van der Waals surface area contributed by atoms with Gasteiger partial charge in [0, 0.05) is 18.1 Å². The maximum Gasteiger partial charge on any atom is 0.142 e. The first-order valence-corrected chi connectivity index (χ1v) is 6.75. The maximum absolute atomic E-state index is 13.2. The third-order valence-corrected chi connectivity index (χ3v) is 4.37. The van der Waals surface area contributed by atoms with Crippen LogP contribution in [0.2, 0.25) is 5.02 Å². The number of carbonyl (C=O) groups excluding carboxylic acids is 1. The fourth-order valence-corrected chi connectivity index (χ4v) is 3.25. The van der Waals surface area contributed by atoms with Crippen LogP contribution in [0, 0.1) is 11.7 Å². The van der Waals surface area contributed by atoms with E-state index >= 15 is 0 Å². The average Bonchev–Trinajstić information content (AvgIpc) is 2.78. The molecular weight excluding hydrogens is 247 g/mol. The summed E-state index contributed by atoms with van der Waals surface area (Å²) in [4.78, 5) is 11.9. The van der Waals surface area contributed by atoms with Gasteiger partial charge in [0.25, 0.3) is 0 Å². The molecule has 0 aliphatic carbocycles. The molecule has 2 rings (SSSR count). The number of benzene rings is 1. The molecule has 0 N–H and O–H groups in total. The zero-order chi connectivity index (χ0) is 11.5. The molecule has 16 heavy (non-hydrogen) atoms. The second-order valence-corrected chi connectivity index (χ2v) is 5.44. The van der Waals surface area contributed by atoms with Crippen molar-refractivity contribution in [2.45, 2.75) is 12.8 Å². The summed E-state index contributed by atoms with van der Waals surface area (Å²) in [6.07, 6.45) is 1.19. The topological polar surface area (TPSA) is 17.1 Å². The van der Waals surface area contributed by atoms with Crippen LogP contribution in [0.5, 0.6) is 0 Å². The molecule has 0 amide bonds. The summed E-state index contributed by atoms with van der Waals surface area (Å²) in [7, 11) is 0. The van der Waals surface area contributed by atoms with Crippen molar-refractivity contribution in [1.29, 1.82) is 0 Å². The summed E-state index contributed by atoms with van der Waals surface area (Å²) in [6.45, 7) is 0. The Bertz CT molecular complexity index is 402. The van der Waals surface area contributed by atoms with Gasteiger partial charge in [-0.2, -0.15) is 11.8 Å². The lowest BCUT2D eigenvalue weighted by Gasteiger charge is -2.08. The van der Waals surface area contributed by atoms with E-state index in [1.807, 2.05) is 0 Å². The van der Waals surface area contributed by atoms with E-state index < -0.39 is 5.82 Å². The van der Waals surface area contributed by atoms with Crippen molar-refractivity contribution in [3.05, 3.63) is 34.6 Å². The molecule has 1 atom stereocenters.